The maximum atomic E-state index is 12.0. The van der Waals surface area contributed by atoms with E-state index < -0.39 is 10.0 Å². The second kappa shape index (κ2) is 4.71. The van der Waals surface area contributed by atoms with Crippen LogP contribution in [-0.2, 0) is 14.8 Å². The molecule has 1 heterocycles. The lowest BCUT2D eigenvalue weighted by atomic mass is 10.0. The number of nitrogens with one attached hydrogen (secondary N) is 1. The molecule has 1 aliphatic rings. The van der Waals surface area contributed by atoms with Crippen molar-refractivity contribution < 1.29 is 13.2 Å². The van der Waals surface area contributed by atoms with E-state index in [-0.39, 0.29) is 23.6 Å². The highest BCUT2D eigenvalue weighted by atomic mass is 32.2. The second-order valence-corrected chi connectivity index (χ2v) is 7.32. The summed E-state index contributed by atoms with van der Waals surface area (Å²) in [6.45, 7) is 6.57. The molecule has 1 N–H and O–H groups in total. The Hall–Kier alpha value is -0.620. The fraction of sp³-hybridized carbons (Fsp3) is 0.900. The first-order chi connectivity index (χ1) is 7.21. The zero-order chi connectivity index (χ0) is 12.4. The molecule has 1 rings (SSSR count). The van der Waals surface area contributed by atoms with Crippen molar-refractivity contribution in [2.75, 3.05) is 25.4 Å². The topological polar surface area (TPSA) is 66.5 Å². The Morgan fingerprint density at radius 3 is 2.56 bits per heavy atom. The van der Waals surface area contributed by atoms with Crippen molar-refractivity contribution in [3.05, 3.63) is 0 Å². The Bertz CT molecular complexity index is 357. The van der Waals surface area contributed by atoms with Crippen LogP contribution in [0.1, 0.15) is 27.2 Å². The Labute approximate surface area is 97.2 Å². The molecule has 1 amide bonds. The molecule has 6 heteroatoms. The number of hydrogen-bond acceptors (Lipinski definition) is 3. The van der Waals surface area contributed by atoms with Crippen LogP contribution in [0.15, 0.2) is 0 Å². The van der Waals surface area contributed by atoms with Gasteiger partial charge in [-0.05, 0) is 11.8 Å². The monoisotopic (exact) mass is 248 g/mol. The minimum atomic E-state index is -3.32. The van der Waals surface area contributed by atoms with E-state index in [4.69, 9.17) is 0 Å². The molecule has 0 unspecified atom stereocenters. The number of hydrogen-bond donors (Lipinski definition) is 1. The van der Waals surface area contributed by atoms with E-state index in [1.165, 1.54) is 4.31 Å². The molecule has 0 radical (unpaired) electrons. The van der Waals surface area contributed by atoms with E-state index in [9.17, 15) is 13.2 Å². The second-order valence-electron chi connectivity index (χ2n) is 5.35. The minimum Gasteiger partial charge on any atom is -0.355 e. The summed E-state index contributed by atoms with van der Waals surface area (Å²) in [6.07, 6.45) is 0.676. The van der Waals surface area contributed by atoms with Gasteiger partial charge in [0.2, 0.25) is 15.9 Å². The smallest absolute Gasteiger partial charge is 0.235 e. The van der Waals surface area contributed by atoms with Gasteiger partial charge in [-0.15, -0.1) is 0 Å². The molecule has 0 spiro atoms. The van der Waals surface area contributed by atoms with Gasteiger partial charge in [-0.1, -0.05) is 20.8 Å². The van der Waals surface area contributed by atoms with Gasteiger partial charge in [0.25, 0.3) is 0 Å². The van der Waals surface area contributed by atoms with Crippen LogP contribution in [0.3, 0.4) is 0 Å². The third kappa shape index (κ3) is 4.09. The lowest BCUT2D eigenvalue weighted by Gasteiger charge is -2.24. The van der Waals surface area contributed by atoms with Crippen LogP contribution in [0.2, 0.25) is 0 Å². The minimum absolute atomic E-state index is 0.0432. The first kappa shape index (κ1) is 13.4. The number of nitrogens with zero attached hydrogens (tertiary/aromatic N) is 1. The van der Waals surface area contributed by atoms with E-state index in [1.807, 2.05) is 20.8 Å². The quantitative estimate of drug-likeness (QED) is 0.758. The number of carbonyl (C=O) groups is 1. The number of rotatable bonds is 2. The summed E-state index contributed by atoms with van der Waals surface area (Å²) in [6, 6.07) is 0. The highest BCUT2D eigenvalue weighted by molar-refractivity contribution is 7.89. The molecule has 5 nitrogen and oxygen atoms in total. The zero-order valence-corrected chi connectivity index (χ0v) is 10.9. The Kier molecular flexibility index (Phi) is 3.96. The molecule has 0 aromatic carbocycles. The highest BCUT2D eigenvalue weighted by Gasteiger charge is 2.30. The lowest BCUT2D eigenvalue weighted by Crippen LogP contribution is -2.41. The van der Waals surface area contributed by atoms with Crippen molar-refractivity contribution >= 4 is 15.9 Å². The van der Waals surface area contributed by atoms with Gasteiger partial charge in [0, 0.05) is 13.1 Å². The molecule has 0 aliphatic carbocycles. The molecule has 0 aromatic rings. The van der Waals surface area contributed by atoms with Crippen LogP contribution in [0, 0.1) is 5.41 Å². The summed E-state index contributed by atoms with van der Waals surface area (Å²) < 4.78 is 25.4. The van der Waals surface area contributed by atoms with E-state index in [0.29, 0.717) is 19.5 Å². The maximum Gasteiger partial charge on any atom is 0.235 e. The first-order valence-electron chi connectivity index (χ1n) is 5.45. The third-order valence-corrected chi connectivity index (χ3v) is 4.56. The largest absolute Gasteiger partial charge is 0.355 e. The van der Waals surface area contributed by atoms with Crippen molar-refractivity contribution in [1.29, 1.82) is 0 Å². The molecule has 0 saturated carbocycles. The molecular formula is C10H20N2O3S. The first-order valence-corrected chi connectivity index (χ1v) is 7.06. The average Bonchev–Trinajstić information content (AvgIpc) is 2.25. The molecule has 0 aromatic heterocycles. The molecule has 0 bridgehead atoms. The van der Waals surface area contributed by atoms with E-state index in [2.05, 4.69) is 5.32 Å². The van der Waals surface area contributed by atoms with Gasteiger partial charge in [0.05, 0.1) is 12.3 Å². The number of carbonyl (C=O) groups excluding carboxylic acids is 1. The van der Waals surface area contributed by atoms with E-state index >= 15 is 0 Å². The molecule has 94 valence electrons. The van der Waals surface area contributed by atoms with E-state index in [0.717, 1.165) is 0 Å². The summed E-state index contributed by atoms with van der Waals surface area (Å²) in [4.78, 5) is 11.3. The molecule has 1 fully saturated rings. The van der Waals surface area contributed by atoms with Crippen molar-refractivity contribution in [2.24, 2.45) is 5.41 Å². The van der Waals surface area contributed by atoms with Crippen molar-refractivity contribution in [3.63, 3.8) is 0 Å². The van der Waals surface area contributed by atoms with Crippen LogP contribution in [-0.4, -0.2) is 44.0 Å². The maximum absolute atomic E-state index is 12.0. The standard InChI is InChI=1S/C10H20N2O3S/c1-10(2,3)8-16(14,15)12-6-4-5-11-9(13)7-12/h4-8H2,1-3H3,(H,11,13). The molecule has 1 aliphatic heterocycles. The van der Waals surface area contributed by atoms with Gasteiger partial charge in [0.15, 0.2) is 0 Å². The fourth-order valence-corrected chi connectivity index (χ4v) is 3.65. The van der Waals surface area contributed by atoms with Gasteiger partial charge < -0.3 is 5.32 Å². The molecule has 0 atom stereocenters. The highest BCUT2D eigenvalue weighted by Crippen LogP contribution is 2.19. The van der Waals surface area contributed by atoms with Crippen LogP contribution < -0.4 is 5.32 Å². The van der Waals surface area contributed by atoms with Gasteiger partial charge >= 0.3 is 0 Å². The summed E-state index contributed by atoms with van der Waals surface area (Å²) in [7, 11) is -3.32. The van der Waals surface area contributed by atoms with Crippen molar-refractivity contribution in [1.82, 2.24) is 9.62 Å². The predicted molar refractivity (Wildman–Crippen MR) is 62.4 cm³/mol. The molecule has 16 heavy (non-hydrogen) atoms. The molecular weight excluding hydrogens is 228 g/mol. The van der Waals surface area contributed by atoms with Crippen LogP contribution in [0.4, 0.5) is 0 Å². The fourth-order valence-electron chi connectivity index (χ4n) is 1.65. The third-order valence-electron chi connectivity index (χ3n) is 2.24. The van der Waals surface area contributed by atoms with E-state index in [1.54, 1.807) is 0 Å². The van der Waals surface area contributed by atoms with Crippen LogP contribution in [0.25, 0.3) is 0 Å². The lowest BCUT2D eigenvalue weighted by molar-refractivity contribution is -0.120. The SMILES string of the molecule is CC(C)(C)CS(=O)(=O)N1CCCNC(=O)C1. The van der Waals surface area contributed by atoms with Gasteiger partial charge in [-0.25, -0.2) is 8.42 Å². The van der Waals surface area contributed by atoms with Gasteiger partial charge in [-0.2, -0.15) is 4.31 Å². The van der Waals surface area contributed by atoms with Crippen LogP contribution >= 0.6 is 0 Å². The number of amides is 1. The summed E-state index contributed by atoms with van der Waals surface area (Å²) in [5.74, 6) is -0.136. The average molecular weight is 248 g/mol. The summed E-state index contributed by atoms with van der Waals surface area (Å²) >= 11 is 0. The zero-order valence-electron chi connectivity index (χ0n) is 10.1. The van der Waals surface area contributed by atoms with Crippen molar-refractivity contribution in [3.8, 4) is 0 Å². The summed E-state index contributed by atoms with van der Waals surface area (Å²) in [5.41, 5.74) is -0.290. The van der Waals surface area contributed by atoms with Gasteiger partial charge in [0.1, 0.15) is 0 Å². The normalized spacial score (nSPS) is 20.3. The Morgan fingerprint density at radius 2 is 2.00 bits per heavy atom. The predicted octanol–water partition coefficient (Wildman–Crippen LogP) is 0.184. The van der Waals surface area contributed by atoms with Crippen molar-refractivity contribution in [2.45, 2.75) is 27.2 Å². The number of sulfonamides is 1. The summed E-state index contributed by atoms with van der Waals surface area (Å²) in [5, 5.41) is 2.66. The Balaban J connectivity index is 2.78. The van der Waals surface area contributed by atoms with Crippen LogP contribution in [0.5, 0.6) is 0 Å². The Morgan fingerprint density at radius 1 is 1.38 bits per heavy atom. The van der Waals surface area contributed by atoms with Gasteiger partial charge in [-0.3, -0.25) is 4.79 Å². The molecule has 1 saturated heterocycles.